The second kappa shape index (κ2) is 6.93. The van der Waals surface area contributed by atoms with Crippen molar-refractivity contribution >= 4 is 23.3 Å². The number of nitrogens with one attached hydrogen (secondary N) is 2. The number of benzene rings is 2. The fraction of sp³-hybridized carbons (Fsp3) is 0.133. The Hall–Kier alpha value is -2.04. The van der Waals surface area contributed by atoms with Gasteiger partial charge in [-0.1, -0.05) is 54.1 Å². The molecule has 1 unspecified atom stereocenters. The van der Waals surface area contributed by atoms with Crippen LogP contribution in [0.25, 0.3) is 0 Å². The van der Waals surface area contributed by atoms with Gasteiger partial charge in [0.1, 0.15) is 0 Å². The lowest BCUT2D eigenvalue weighted by Crippen LogP contribution is -2.34. The molecular weight excluding hydrogens is 276 g/mol. The molecule has 2 rings (SSSR count). The van der Waals surface area contributed by atoms with Gasteiger partial charge < -0.3 is 15.7 Å². The third-order valence-electron chi connectivity index (χ3n) is 2.81. The Bertz CT molecular complexity index is 575. The Morgan fingerprint density at radius 3 is 2.40 bits per heavy atom. The standard InChI is InChI=1S/C15H15ClN2O2/c16-12-8-4-5-9-13(12)17-15(20)18-14(10-19)11-6-2-1-3-7-11/h1-9,14,19H,10H2,(H2,17,18,20). The van der Waals surface area contributed by atoms with Crippen LogP contribution in [0.15, 0.2) is 54.6 Å². The van der Waals surface area contributed by atoms with Gasteiger partial charge in [0.15, 0.2) is 0 Å². The summed E-state index contributed by atoms with van der Waals surface area (Å²) in [5.74, 6) is 0. The molecule has 4 nitrogen and oxygen atoms in total. The predicted octanol–water partition coefficient (Wildman–Crippen LogP) is 3.20. The molecule has 1 atom stereocenters. The molecule has 0 bridgehead atoms. The van der Waals surface area contributed by atoms with E-state index in [0.29, 0.717) is 10.7 Å². The highest BCUT2D eigenvalue weighted by molar-refractivity contribution is 6.33. The lowest BCUT2D eigenvalue weighted by molar-refractivity contribution is 0.225. The Kier molecular flexibility index (Phi) is 4.98. The molecule has 0 heterocycles. The van der Waals surface area contributed by atoms with E-state index < -0.39 is 12.1 Å². The normalized spacial score (nSPS) is 11.7. The molecule has 104 valence electrons. The maximum absolute atomic E-state index is 11.9. The number of para-hydroxylation sites is 1. The van der Waals surface area contributed by atoms with Crippen molar-refractivity contribution < 1.29 is 9.90 Å². The number of carbonyl (C=O) groups is 1. The second-order valence-corrected chi connectivity index (χ2v) is 4.63. The Morgan fingerprint density at radius 1 is 1.10 bits per heavy atom. The fourth-order valence-corrected chi connectivity index (χ4v) is 1.98. The van der Waals surface area contributed by atoms with Crippen LogP contribution in [0.4, 0.5) is 10.5 Å². The summed E-state index contributed by atoms with van der Waals surface area (Å²) < 4.78 is 0. The minimum atomic E-state index is -0.460. The lowest BCUT2D eigenvalue weighted by Gasteiger charge is -2.17. The van der Waals surface area contributed by atoms with Crippen molar-refractivity contribution in [2.45, 2.75) is 6.04 Å². The van der Waals surface area contributed by atoms with Gasteiger partial charge in [-0.15, -0.1) is 0 Å². The molecule has 2 aromatic carbocycles. The van der Waals surface area contributed by atoms with Gasteiger partial charge in [-0.05, 0) is 17.7 Å². The van der Waals surface area contributed by atoms with E-state index in [0.717, 1.165) is 5.56 Å². The van der Waals surface area contributed by atoms with Gasteiger partial charge in [-0.2, -0.15) is 0 Å². The zero-order valence-electron chi connectivity index (χ0n) is 10.7. The van der Waals surface area contributed by atoms with Crippen LogP contribution < -0.4 is 10.6 Å². The summed E-state index contributed by atoms with van der Waals surface area (Å²) in [6, 6.07) is 15.4. The monoisotopic (exact) mass is 290 g/mol. The van der Waals surface area contributed by atoms with Crippen LogP contribution in [-0.2, 0) is 0 Å². The summed E-state index contributed by atoms with van der Waals surface area (Å²) in [4.78, 5) is 11.9. The van der Waals surface area contributed by atoms with Crippen LogP contribution in [0.1, 0.15) is 11.6 Å². The molecule has 0 aliphatic carbocycles. The molecule has 2 aromatic rings. The molecule has 0 saturated carbocycles. The van der Waals surface area contributed by atoms with E-state index in [1.165, 1.54) is 0 Å². The smallest absolute Gasteiger partial charge is 0.319 e. The van der Waals surface area contributed by atoms with Crippen molar-refractivity contribution in [1.82, 2.24) is 5.32 Å². The number of halogens is 1. The molecule has 0 aromatic heterocycles. The minimum Gasteiger partial charge on any atom is -0.394 e. The zero-order chi connectivity index (χ0) is 14.4. The van der Waals surface area contributed by atoms with Crippen molar-refractivity contribution in [3.05, 3.63) is 65.2 Å². The van der Waals surface area contributed by atoms with Crippen molar-refractivity contribution in [2.75, 3.05) is 11.9 Å². The lowest BCUT2D eigenvalue weighted by atomic mass is 10.1. The van der Waals surface area contributed by atoms with Gasteiger partial charge in [0.2, 0.25) is 0 Å². The van der Waals surface area contributed by atoms with Gasteiger partial charge in [-0.3, -0.25) is 0 Å². The minimum absolute atomic E-state index is 0.181. The second-order valence-electron chi connectivity index (χ2n) is 4.22. The molecule has 0 radical (unpaired) electrons. The maximum atomic E-state index is 11.9. The predicted molar refractivity (Wildman–Crippen MR) is 79.9 cm³/mol. The van der Waals surface area contributed by atoms with E-state index >= 15 is 0 Å². The molecule has 0 saturated heterocycles. The molecule has 2 amide bonds. The third-order valence-corrected chi connectivity index (χ3v) is 3.14. The number of aliphatic hydroxyl groups is 1. The van der Waals surface area contributed by atoms with Gasteiger partial charge >= 0.3 is 6.03 Å². The summed E-state index contributed by atoms with van der Waals surface area (Å²) in [5.41, 5.74) is 1.36. The van der Waals surface area contributed by atoms with Crippen LogP contribution in [0.5, 0.6) is 0 Å². The largest absolute Gasteiger partial charge is 0.394 e. The summed E-state index contributed by atoms with van der Waals surface area (Å²) in [6.45, 7) is -0.181. The Morgan fingerprint density at radius 2 is 1.75 bits per heavy atom. The van der Waals surface area contributed by atoms with Crippen LogP contribution >= 0.6 is 11.6 Å². The number of hydrogen-bond donors (Lipinski definition) is 3. The summed E-state index contributed by atoms with van der Waals surface area (Å²) in [6.07, 6.45) is 0. The van der Waals surface area contributed by atoms with E-state index in [2.05, 4.69) is 10.6 Å². The third kappa shape index (κ3) is 3.73. The highest BCUT2D eigenvalue weighted by Crippen LogP contribution is 2.20. The van der Waals surface area contributed by atoms with E-state index in [1.54, 1.807) is 24.3 Å². The Balaban J connectivity index is 2.02. The molecule has 0 aliphatic rings. The van der Waals surface area contributed by atoms with Crippen LogP contribution in [-0.4, -0.2) is 17.7 Å². The van der Waals surface area contributed by atoms with Crippen molar-refractivity contribution in [3.63, 3.8) is 0 Å². The Labute approximate surface area is 122 Å². The quantitative estimate of drug-likeness (QED) is 0.810. The van der Waals surface area contributed by atoms with Gasteiger partial charge in [0.05, 0.1) is 23.4 Å². The SMILES string of the molecule is O=C(Nc1ccccc1Cl)NC(CO)c1ccccc1. The molecule has 5 heteroatoms. The zero-order valence-corrected chi connectivity index (χ0v) is 11.5. The molecule has 0 spiro atoms. The number of anilines is 1. The highest BCUT2D eigenvalue weighted by Gasteiger charge is 2.13. The number of amides is 2. The number of urea groups is 1. The average molecular weight is 291 g/mol. The summed E-state index contributed by atoms with van der Waals surface area (Å²) in [5, 5.41) is 15.2. The van der Waals surface area contributed by atoms with Gasteiger partial charge in [-0.25, -0.2) is 4.79 Å². The van der Waals surface area contributed by atoms with Crippen LogP contribution in [0.3, 0.4) is 0 Å². The van der Waals surface area contributed by atoms with E-state index in [9.17, 15) is 9.90 Å². The first-order chi connectivity index (χ1) is 9.70. The summed E-state index contributed by atoms with van der Waals surface area (Å²) in [7, 11) is 0. The molecule has 0 aliphatic heterocycles. The molecular formula is C15H15ClN2O2. The van der Waals surface area contributed by atoms with Gasteiger partial charge in [0, 0.05) is 0 Å². The van der Waals surface area contributed by atoms with Crippen LogP contribution in [0, 0.1) is 0 Å². The number of aliphatic hydroxyl groups excluding tert-OH is 1. The maximum Gasteiger partial charge on any atom is 0.319 e. The summed E-state index contributed by atoms with van der Waals surface area (Å²) >= 11 is 5.96. The van der Waals surface area contributed by atoms with Crippen molar-refractivity contribution in [2.24, 2.45) is 0 Å². The number of hydrogen-bond acceptors (Lipinski definition) is 2. The molecule has 20 heavy (non-hydrogen) atoms. The highest BCUT2D eigenvalue weighted by atomic mass is 35.5. The molecule has 0 fully saturated rings. The van der Waals surface area contributed by atoms with E-state index in [4.69, 9.17) is 11.6 Å². The number of rotatable bonds is 4. The first kappa shape index (κ1) is 14.4. The van der Waals surface area contributed by atoms with Crippen molar-refractivity contribution in [1.29, 1.82) is 0 Å². The number of carbonyl (C=O) groups excluding carboxylic acids is 1. The first-order valence-electron chi connectivity index (χ1n) is 6.18. The van der Waals surface area contributed by atoms with Crippen molar-refractivity contribution in [3.8, 4) is 0 Å². The average Bonchev–Trinajstić information content (AvgIpc) is 2.48. The van der Waals surface area contributed by atoms with E-state index in [-0.39, 0.29) is 6.61 Å². The topological polar surface area (TPSA) is 61.4 Å². The fourth-order valence-electron chi connectivity index (χ4n) is 1.80. The van der Waals surface area contributed by atoms with E-state index in [1.807, 2.05) is 30.3 Å². The molecule has 3 N–H and O–H groups in total. The first-order valence-corrected chi connectivity index (χ1v) is 6.56. The van der Waals surface area contributed by atoms with Gasteiger partial charge in [0.25, 0.3) is 0 Å². The van der Waals surface area contributed by atoms with Crippen LogP contribution in [0.2, 0.25) is 5.02 Å².